The van der Waals surface area contributed by atoms with Crippen LogP contribution in [-0.2, 0) is 13.3 Å². The fraction of sp³-hybridized carbons (Fsp3) is 0.273. The summed E-state index contributed by atoms with van der Waals surface area (Å²) >= 11 is 6.01. The number of aromatic nitrogens is 2. The predicted octanol–water partition coefficient (Wildman–Crippen LogP) is 3.72. The lowest BCUT2D eigenvalue weighted by molar-refractivity contribution is -0.384. The van der Waals surface area contributed by atoms with Crippen LogP contribution in [0.1, 0.15) is 16.1 Å². The van der Waals surface area contributed by atoms with Gasteiger partial charge in [-0.25, -0.2) is 13.5 Å². The molecule has 12 heteroatoms. The molecule has 1 fully saturated rings. The van der Waals surface area contributed by atoms with Crippen molar-refractivity contribution in [2.24, 2.45) is 0 Å². The molecule has 9 nitrogen and oxygen atoms in total. The number of carbonyl (C=O) groups is 1. The van der Waals surface area contributed by atoms with Crippen LogP contribution in [0.4, 0.5) is 14.5 Å². The smallest absolute Gasteiger partial charge is 0.274 e. The molecule has 0 bridgehead atoms. The number of halogens is 3. The number of piperazine rings is 1. The molecule has 1 aliphatic rings. The molecule has 1 aliphatic heterocycles. The lowest BCUT2D eigenvalue weighted by Gasteiger charge is -2.34. The Labute approximate surface area is 198 Å². The minimum Gasteiger partial charge on any atom is -0.470 e. The zero-order chi connectivity index (χ0) is 24.2. The molecule has 0 spiro atoms. The highest BCUT2D eigenvalue weighted by molar-refractivity contribution is 6.32. The topological polar surface area (TPSA) is 93.7 Å². The Hall–Kier alpha value is -3.57. The third-order valence-corrected chi connectivity index (χ3v) is 5.72. The van der Waals surface area contributed by atoms with E-state index in [0.29, 0.717) is 26.2 Å². The van der Waals surface area contributed by atoms with Crippen LogP contribution in [0.15, 0.2) is 48.7 Å². The molecule has 2 heterocycles. The maximum Gasteiger partial charge on any atom is 0.274 e. The molecule has 0 atom stereocenters. The third kappa shape index (κ3) is 5.32. The molecule has 178 valence electrons. The van der Waals surface area contributed by atoms with Gasteiger partial charge in [-0.3, -0.25) is 19.8 Å². The molecule has 3 aromatic rings. The number of nitro benzene ring substituents is 1. The van der Waals surface area contributed by atoms with Crippen LogP contribution in [0, 0.1) is 21.7 Å². The number of nitro groups is 1. The molecule has 1 saturated heterocycles. The molecule has 0 unspecified atom stereocenters. The highest BCUT2D eigenvalue weighted by atomic mass is 35.5. The summed E-state index contributed by atoms with van der Waals surface area (Å²) in [5.74, 6) is -1.71. The van der Waals surface area contributed by atoms with Gasteiger partial charge in [0.25, 0.3) is 11.6 Å². The molecule has 1 amide bonds. The van der Waals surface area contributed by atoms with Gasteiger partial charge >= 0.3 is 0 Å². The number of rotatable bonds is 7. The zero-order valence-electron chi connectivity index (χ0n) is 17.9. The second-order valence-corrected chi connectivity index (χ2v) is 8.07. The van der Waals surface area contributed by atoms with E-state index in [2.05, 4.69) is 5.10 Å². The van der Waals surface area contributed by atoms with Crippen LogP contribution in [0.5, 0.6) is 5.75 Å². The van der Waals surface area contributed by atoms with E-state index < -0.39 is 16.6 Å². The second-order valence-electron chi connectivity index (χ2n) is 7.67. The highest BCUT2D eigenvalue weighted by Gasteiger charge is 2.24. The van der Waals surface area contributed by atoms with Gasteiger partial charge in [0.1, 0.15) is 5.75 Å². The Balaban J connectivity index is 1.30. The largest absolute Gasteiger partial charge is 0.470 e. The summed E-state index contributed by atoms with van der Waals surface area (Å²) in [6.07, 6.45) is 1.58. The highest BCUT2D eigenvalue weighted by Crippen LogP contribution is 2.28. The number of hydrogen-bond donors (Lipinski definition) is 0. The fourth-order valence-electron chi connectivity index (χ4n) is 3.59. The Bertz CT molecular complexity index is 1210. The van der Waals surface area contributed by atoms with E-state index in [1.807, 2.05) is 4.90 Å². The standard InChI is InChI=1S/C22H20ClF2N5O4/c23-17-12-16(30(32)33)4-5-20(17)34-14-29-7-6-19(26-29)22(31)28-10-8-27(9-11-28)13-15-2-1-3-18(24)21(15)25/h1-7,12H,8-11,13-14H2. The summed E-state index contributed by atoms with van der Waals surface area (Å²) in [6.45, 7) is 2.12. The monoisotopic (exact) mass is 491 g/mol. The van der Waals surface area contributed by atoms with Crippen molar-refractivity contribution in [1.82, 2.24) is 19.6 Å². The Morgan fingerprint density at radius 3 is 2.62 bits per heavy atom. The second kappa shape index (κ2) is 10.1. The normalized spacial score (nSPS) is 14.3. The lowest BCUT2D eigenvalue weighted by atomic mass is 10.1. The van der Waals surface area contributed by atoms with E-state index in [0.717, 1.165) is 6.07 Å². The van der Waals surface area contributed by atoms with Gasteiger partial charge in [0.2, 0.25) is 0 Å². The summed E-state index contributed by atoms with van der Waals surface area (Å²) in [7, 11) is 0. The number of benzene rings is 2. The Morgan fingerprint density at radius 2 is 1.91 bits per heavy atom. The maximum atomic E-state index is 13.9. The van der Waals surface area contributed by atoms with Gasteiger partial charge in [-0.05, 0) is 18.2 Å². The molecular weight excluding hydrogens is 472 g/mol. The van der Waals surface area contributed by atoms with Crippen molar-refractivity contribution in [3.63, 3.8) is 0 Å². The Kier molecular flexibility index (Phi) is 7.03. The summed E-state index contributed by atoms with van der Waals surface area (Å²) < 4.78 is 34.3. The van der Waals surface area contributed by atoms with Crippen LogP contribution >= 0.6 is 11.6 Å². The van der Waals surface area contributed by atoms with Crippen LogP contribution < -0.4 is 4.74 Å². The molecule has 0 radical (unpaired) electrons. The first-order valence-corrected chi connectivity index (χ1v) is 10.7. The average molecular weight is 492 g/mol. The van der Waals surface area contributed by atoms with Crippen molar-refractivity contribution < 1.29 is 23.2 Å². The van der Waals surface area contributed by atoms with Crippen molar-refractivity contribution >= 4 is 23.2 Å². The van der Waals surface area contributed by atoms with Crippen molar-refractivity contribution in [3.05, 3.63) is 86.7 Å². The van der Waals surface area contributed by atoms with Gasteiger partial charge in [0.15, 0.2) is 24.1 Å². The van der Waals surface area contributed by atoms with E-state index in [4.69, 9.17) is 16.3 Å². The minimum atomic E-state index is -0.873. The Morgan fingerprint density at radius 1 is 1.15 bits per heavy atom. The predicted molar refractivity (Wildman–Crippen MR) is 118 cm³/mol. The number of carbonyl (C=O) groups excluding carboxylic acids is 1. The summed E-state index contributed by atoms with van der Waals surface area (Å²) in [4.78, 5) is 26.7. The van der Waals surface area contributed by atoms with Crippen LogP contribution in [0.3, 0.4) is 0 Å². The quantitative estimate of drug-likeness (QED) is 0.369. The van der Waals surface area contributed by atoms with Gasteiger partial charge < -0.3 is 9.64 Å². The van der Waals surface area contributed by atoms with Crippen LogP contribution in [-0.4, -0.2) is 56.6 Å². The first-order chi connectivity index (χ1) is 16.3. The molecule has 4 rings (SSSR count). The average Bonchev–Trinajstić information content (AvgIpc) is 3.30. The molecule has 1 aromatic heterocycles. The summed E-state index contributed by atoms with van der Waals surface area (Å²) in [5, 5.41) is 15.1. The van der Waals surface area contributed by atoms with Gasteiger partial charge in [0, 0.05) is 56.6 Å². The van der Waals surface area contributed by atoms with Crippen molar-refractivity contribution in [1.29, 1.82) is 0 Å². The lowest BCUT2D eigenvalue weighted by Crippen LogP contribution is -2.48. The van der Waals surface area contributed by atoms with Gasteiger partial charge in [-0.2, -0.15) is 5.10 Å². The van der Waals surface area contributed by atoms with Crippen LogP contribution in [0.2, 0.25) is 5.02 Å². The van der Waals surface area contributed by atoms with E-state index in [1.165, 1.54) is 28.9 Å². The van der Waals surface area contributed by atoms with E-state index in [-0.39, 0.29) is 46.9 Å². The molecular formula is C22H20ClF2N5O4. The first-order valence-electron chi connectivity index (χ1n) is 10.4. The number of hydrogen-bond acceptors (Lipinski definition) is 6. The molecule has 0 aliphatic carbocycles. The minimum absolute atomic E-state index is 0.0439. The van der Waals surface area contributed by atoms with E-state index >= 15 is 0 Å². The molecule has 0 N–H and O–H groups in total. The fourth-order valence-corrected chi connectivity index (χ4v) is 3.82. The van der Waals surface area contributed by atoms with Crippen molar-refractivity contribution in [2.45, 2.75) is 13.3 Å². The maximum absolute atomic E-state index is 13.9. The number of amides is 1. The number of ether oxygens (including phenoxy) is 1. The molecule has 0 saturated carbocycles. The van der Waals surface area contributed by atoms with Gasteiger partial charge in [-0.1, -0.05) is 23.7 Å². The SMILES string of the molecule is O=C(c1ccn(COc2ccc([N+](=O)[O-])cc2Cl)n1)N1CCN(Cc2cccc(F)c2F)CC1. The number of nitrogens with zero attached hydrogens (tertiary/aromatic N) is 5. The first kappa shape index (κ1) is 23.6. The number of non-ortho nitro benzene ring substituents is 1. The van der Waals surface area contributed by atoms with Gasteiger partial charge in [-0.15, -0.1) is 0 Å². The molecule has 34 heavy (non-hydrogen) atoms. The van der Waals surface area contributed by atoms with Crippen molar-refractivity contribution in [3.8, 4) is 5.75 Å². The van der Waals surface area contributed by atoms with E-state index in [9.17, 15) is 23.7 Å². The van der Waals surface area contributed by atoms with E-state index in [1.54, 1.807) is 23.2 Å². The summed E-state index contributed by atoms with van der Waals surface area (Å²) in [5.41, 5.74) is 0.375. The molecule has 2 aromatic carbocycles. The summed E-state index contributed by atoms with van der Waals surface area (Å²) in [6, 6.07) is 9.54. The third-order valence-electron chi connectivity index (χ3n) is 5.42. The van der Waals surface area contributed by atoms with Crippen molar-refractivity contribution in [2.75, 3.05) is 26.2 Å². The van der Waals surface area contributed by atoms with Gasteiger partial charge in [0.05, 0.1) is 9.95 Å². The van der Waals surface area contributed by atoms with Crippen LogP contribution in [0.25, 0.3) is 0 Å². The zero-order valence-corrected chi connectivity index (χ0v) is 18.6.